The highest BCUT2D eigenvalue weighted by molar-refractivity contribution is 9.10. The number of aryl methyl sites for hydroxylation is 1. The van der Waals surface area contributed by atoms with E-state index in [1.165, 1.54) is 0 Å². The van der Waals surface area contributed by atoms with Crippen molar-refractivity contribution in [3.05, 3.63) is 28.2 Å². The Kier molecular flexibility index (Phi) is 6.50. The molecule has 0 heterocycles. The Hall–Kier alpha value is -0.390. The number of hydrogen-bond donors (Lipinski definition) is 1. The van der Waals surface area contributed by atoms with Gasteiger partial charge in [0.15, 0.2) is 0 Å². The van der Waals surface area contributed by atoms with Gasteiger partial charge in [0.05, 0.1) is 4.90 Å². The topological polar surface area (TPSA) is 46.2 Å². The largest absolute Gasteiger partial charge is 0.240 e. The molecule has 0 saturated heterocycles. The second kappa shape index (κ2) is 7.41. The first-order valence-electron chi connectivity index (χ1n) is 6.59. The third-order valence-corrected chi connectivity index (χ3v) is 5.29. The van der Waals surface area contributed by atoms with Crippen molar-refractivity contribution in [2.45, 2.75) is 44.9 Å². The Balaban J connectivity index is 2.54. The summed E-state index contributed by atoms with van der Waals surface area (Å²) in [5.74, 6) is 0.672. The van der Waals surface area contributed by atoms with Gasteiger partial charge in [0.1, 0.15) is 0 Å². The number of unbranched alkanes of at least 4 members (excludes halogenated alkanes) is 1. The summed E-state index contributed by atoms with van der Waals surface area (Å²) in [5, 5.41) is 0. The van der Waals surface area contributed by atoms with Gasteiger partial charge in [-0.15, -0.1) is 0 Å². The number of nitrogens with one attached hydrogen (secondary N) is 1. The van der Waals surface area contributed by atoms with Gasteiger partial charge in [-0.1, -0.05) is 42.6 Å². The lowest BCUT2D eigenvalue weighted by atomic mass is 10.1. The van der Waals surface area contributed by atoms with Crippen LogP contribution in [0.25, 0.3) is 0 Å². The number of benzene rings is 1. The van der Waals surface area contributed by atoms with Gasteiger partial charge in [0, 0.05) is 11.0 Å². The van der Waals surface area contributed by atoms with Crippen LogP contribution in [-0.2, 0) is 10.0 Å². The molecule has 0 spiro atoms. The molecule has 1 aromatic rings. The molecule has 0 unspecified atom stereocenters. The molecule has 1 aromatic carbocycles. The smallest absolute Gasteiger partial charge is 0.211 e. The van der Waals surface area contributed by atoms with Gasteiger partial charge in [-0.2, -0.15) is 0 Å². The zero-order chi connectivity index (χ0) is 14.5. The summed E-state index contributed by atoms with van der Waals surface area (Å²) >= 11 is 3.37. The maximum absolute atomic E-state index is 12.1. The molecule has 0 aliphatic heterocycles. The molecule has 0 radical (unpaired) electrons. The van der Waals surface area contributed by atoms with Crippen molar-refractivity contribution < 1.29 is 8.42 Å². The number of hydrogen-bond acceptors (Lipinski definition) is 2. The fourth-order valence-corrected chi connectivity index (χ4v) is 3.16. The molecule has 0 bridgehead atoms. The van der Waals surface area contributed by atoms with E-state index in [1.807, 2.05) is 6.92 Å². The van der Waals surface area contributed by atoms with Crippen LogP contribution in [0, 0.1) is 12.8 Å². The van der Waals surface area contributed by atoms with Crippen LogP contribution in [0.15, 0.2) is 27.6 Å². The number of halogens is 1. The summed E-state index contributed by atoms with van der Waals surface area (Å²) < 4.78 is 27.7. The molecule has 0 atom stereocenters. The van der Waals surface area contributed by atoms with Crippen LogP contribution in [0.4, 0.5) is 0 Å². The van der Waals surface area contributed by atoms with E-state index in [2.05, 4.69) is 34.5 Å². The Morgan fingerprint density at radius 2 is 1.95 bits per heavy atom. The second-order valence-corrected chi connectivity index (χ2v) is 7.82. The summed E-state index contributed by atoms with van der Waals surface area (Å²) in [6, 6.07) is 5.07. The van der Waals surface area contributed by atoms with Crippen molar-refractivity contribution in [1.29, 1.82) is 0 Å². The molecule has 5 heteroatoms. The van der Waals surface area contributed by atoms with Gasteiger partial charge in [-0.05, 0) is 43.0 Å². The van der Waals surface area contributed by atoms with Crippen LogP contribution < -0.4 is 4.72 Å². The van der Waals surface area contributed by atoms with Gasteiger partial charge in [0.2, 0.25) is 10.0 Å². The van der Waals surface area contributed by atoms with Gasteiger partial charge in [-0.25, -0.2) is 13.1 Å². The van der Waals surface area contributed by atoms with Crippen molar-refractivity contribution in [2.75, 3.05) is 6.54 Å². The normalized spacial score (nSPS) is 12.1. The summed E-state index contributed by atoms with van der Waals surface area (Å²) in [4.78, 5) is 0.331. The first-order valence-corrected chi connectivity index (χ1v) is 8.86. The van der Waals surface area contributed by atoms with Crippen molar-refractivity contribution in [1.82, 2.24) is 4.72 Å². The Labute approximate surface area is 125 Å². The van der Waals surface area contributed by atoms with Crippen LogP contribution in [0.1, 0.15) is 38.7 Å². The Bertz CT molecular complexity index is 512. The highest BCUT2D eigenvalue weighted by Gasteiger charge is 2.13. The summed E-state index contributed by atoms with van der Waals surface area (Å²) in [6.45, 7) is 6.74. The van der Waals surface area contributed by atoms with Crippen LogP contribution >= 0.6 is 15.9 Å². The predicted molar refractivity (Wildman–Crippen MR) is 82.8 cm³/mol. The average Bonchev–Trinajstić information content (AvgIpc) is 2.31. The minimum atomic E-state index is -3.37. The van der Waals surface area contributed by atoms with E-state index < -0.39 is 10.0 Å². The Morgan fingerprint density at radius 1 is 1.26 bits per heavy atom. The van der Waals surface area contributed by atoms with Crippen molar-refractivity contribution in [3.63, 3.8) is 0 Å². The fourth-order valence-electron chi connectivity index (χ4n) is 1.75. The van der Waals surface area contributed by atoms with Gasteiger partial charge in [0.25, 0.3) is 0 Å². The standard InChI is InChI=1S/C14H22BrNO2S/c1-11(2)6-4-5-9-16-19(17,18)13-7-8-14(15)12(3)10-13/h7-8,10-11,16H,4-6,9H2,1-3H3. The maximum atomic E-state index is 12.1. The lowest BCUT2D eigenvalue weighted by Gasteiger charge is -2.09. The van der Waals surface area contributed by atoms with Crippen molar-refractivity contribution in [2.24, 2.45) is 5.92 Å². The van der Waals surface area contributed by atoms with Crippen LogP contribution in [0.5, 0.6) is 0 Å². The predicted octanol–water partition coefficient (Wildman–Crippen LogP) is 3.86. The molecular formula is C14H22BrNO2S. The lowest BCUT2D eigenvalue weighted by Crippen LogP contribution is -2.24. The molecule has 3 nitrogen and oxygen atoms in total. The summed E-state index contributed by atoms with van der Waals surface area (Å²) in [7, 11) is -3.37. The molecule has 0 saturated carbocycles. The Morgan fingerprint density at radius 3 is 2.53 bits per heavy atom. The highest BCUT2D eigenvalue weighted by atomic mass is 79.9. The van der Waals surface area contributed by atoms with Crippen molar-refractivity contribution in [3.8, 4) is 0 Å². The maximum Gasteiger partial charge on any atom is 0.240 e. The van der Waals surface area contributed by atoms with Crippen molar-refractivity contribution >= 4 is 26.0 Å². The van der Waals surface area contributed by atoms with E-state index in [1.54, 1.807) is 18.2 Å². The zero-order valence-corrected chi connectivity index (χ0v) is 14.1. The molecule has 108 valence electrons. The molecule has 0 aliphatic rings. The number of rotatable bonds is 7. The third kappa shape index (κ3) is 5.63. The monoisotopic (exact) mass is 347 g/mol. The molecule has 1 rings (SSSR count). The van der Waals surface area contributed by atoms with Gasteiger partial charge in [-0.3, -0.25) is 0 Å². The summed E-state index contributed by atoms with van der Waals surface area (Å²) in [6.07, 6.45) is 3.07. The molecular weight excluding hydrogens is 326 g/mol. The molecule has 0 amide bonds. The minimum absolute atomic E-state index is 0.331. The first kappa shape index (κ1) is 16.7. The molecule has 19 heavy (non-hydrogen) atoms. The first-order chi connectivity index (χ1) is 8.83. The molecule has 0 aromatic heterocycles. The van der Waals surface area contributed by atoms with Crippen LogP contribution in [-0.4, -0.2) is 15.0 Å². The molecule has 0 aliphatic carbocycles. The quantitative estimate of drug-likeness (QED) is 0.761. The third-order valence-electron chi connectivity index (χ3n) is 2.94. The minimum Gasteiger partial charge on any atom is -0.211 e. The van der Waals surface area contributed by atoms with E-state index in [0.29, 0.717) is 17.4 Å². The van der Waals surface area contributed by atoms with E-state index in [9.17, 15) is 8.42 Å². The van der Waals surface area contributed by atoms with E-state index in [0.717, 1.165) is 29.3 Å². The second-order valence-electron chi connectivity index (χ2n) is 5.20. The van der Waals surface area contributed by atoms with E-state index in [-0.39, 0.29) is 0 Å². The SMILES string of the molecule is Cc1cc(S(=O)(=O)NCCCCC(C)C)ccc1Br. The summed E-state index contributed by atoms with van der Waals surface area (Å²) in [5.41, 5.74) is 0.919. The zero-order valence-electron chi connectivity index (χ0n) is 11.7. The lowest BCUT2D eigenvalue weighted by molar-refractivity contribution is 0.530. The number of sulfonamides is 1. The molecule has 0 fully saturated rings. The average molecular weight is 348 g/mol. The molecule has 1 N–H and O–H groups in total. The van der Waals surface area contributed by atoms with Gasteiger partial charge >= 0.3 is 0 Å². The van der Waals surface area contributed by atoms with E-state index in [4.69, 9.17) is 0 Å². The highest BCUT2D eigenvalue weighted by Crippen LogP contribution is 2.19. The van der Waals surface area contributed by atoms with Crippen LogP contribution in [0.2, 0.25) is 0 Å². The van der Waals surface area contributed by atoms with E-state index >= 15 is 0 Å². The van der Waals surface area contributed by atoms with Crippen LogP contribution in [0.3, 0.4) is 0 Å². The fraction of sp³-hybridized carbons (Fsp3) is 0.571. The van der Waals surface area contributed by atoms with Gasteiger partial charge < -0.3 is 0 Å².